The molecule has 2 amide bonds. The van der Waals surface area contributed by atoms with Crippen molar-refractivity contribution in [3.8, 4) is 0 Å². The lowest BCUT2D eigenvalue weighted by molar-refractivity contribution is -0.801. The van der Waals surface area contributed by atoms with Gasteiger partial charge >= 0.3 is 12.0 Å². The van der Waals surface area contributed by atoms with E-state index in [2.05, 4.69) is 0 Å². The number of halogens is 1. The molecule has 0 aromatic rings. The number of nitrogens with zero attached hydrogens (tertiary/aromatic N) is 1. The van der Waals surface area contributed by atoms with E-state index in [1.165, 1.54) is 14.1 Å². The molecule has 0 saturated heterocycles. The molecule has 0 rings (SSSR count). The second-order valence-corrected chi connectivity index (χ2v) is 2.69. The Morgan fingerprint density at radius 1 is 1.50 bits per heavy atom. The van der Waals surface area contributed by atoms with Gasteiger partial charge < -0.3 is 17.5 Å². The van der Waals surface area contributed by atoms with Crippen molar-refractivity contribution in [1.82, 2.24) is 5.43 Å². The Morgan fingerprint density at radius 2 is 1.92 bits per heavy atom. The van der Waals surface area contributed by atoms with Crippen molar-refractivity contribution in [2.24, 2.45) is 5.84 Å². The van der Waals surface area contributed by atoms with Gasteiger partial charge in [-0.2, -0.15) is 0 Å². The number of urea groups is 1. The summed E-state index contributed by atoms with van der Waals surface area (Å²) in [5, 5.41) is 8.36. The quantitative estimate of drug-likeness (QED) is 0.181. The normalized spacial score (nSPS) is 9.92. The second-order valence-electron chi connectivity index (χ2n) is 2.69. The average Bonchev–Trinajstić information content (AvgIpc) is 1.83. The molecule has 0 unspecified atom stereocenters. The molecule has 72 valence electrons. The summed E-state index contributed by atoms with van der Waals surface area (Å²) in [5.74, 6) is 3.78. The number of hydrogen-bond donors (Lipinski definition) is 3. The third kappa shape index (κ3) is 4.12. The number of carbonyl (C=O) groups excluding carboxylic acids is 1. The molecule has 0 bridgehead atoms. The summed E-state index contributed by atoms with van der Waals surface area (Å²) in [5.41, 5.74) is 1.88. The first-order valence-electron chi connectivity index (χ1n) is 2.96. The van der Waals surface area contributed by atoms with Crippen LogP contribution in [0.3, 0.4) is 0 Å². The van der Waals surface area contributed by atoms with Gasteiger partial charge in [0.15, 0.2) is 6.54 Å². The van der Waals surface area contributed by atoms with Gasteiger partial charge in [0.05, 0.1) is 14.1 Å². The van der Waals surface area contributed by atoms with E-state index in [1.54, 1.807) is 0 Å². The van der Waals surface area contributed by atoms with Crippen LogP contribution >= 0.6 is 0 Å². The lowest BCUT2D eigenvalue weighted by Crippen LogP contribution is -3.00. The first-order valence-corrected chi connectivity index (χ1v) is 2.96. The molecule has 0 atom stereocenters. The lowest BCUT2D eigenvalue weighted by atomic mass is 10.5. The second kappa shape index (κ2) is 4.91. The third-order valence-electron chi connectivity index (χ3n) is 1.20. The zero-order valence-corrected chi connectivity index (χ0v) is 7.63. The summed E-state index contributed by atoms with van der Waals surface area (Å²) >= 11 is 0. The van der Waals surface area contributed by atoms with Crippen LogP contribution in [0.1, 0.15) is 0 Å². The number of carbonyl (C=O) groups is 2. The molecule has 6 nitrogen and oxygen atoms in total. The SMILES string of the molecule is C[N+](C)(CC(=O)O)C(=O)NN.[Cl-]. The first kappa shape index (κ1) is 13.7. The number of amides is 2. The minimum atomic E-state index is -1.04. The smallest absolute Gasteiger partial charge is 0.430 e. The molecular formula is C5H12ClN3O3. The van der Waals surface area contributed by atoms with Crippen LogP contribution in [0.25, 0.3) is 0 Å². The third-order valence-corrected chi connectivity index (χ3v) is 1.20. The van der Waals surface area contributed by atoms with Crippen LogP contribution in [0.15, 0.2) is 0 Å². The number of nitrogens with one attached hydrogen (secondary N) is 1. The molecule has 0 aliphatic carbocycles. The molecule has 0 fully saturated rings. The molecule has 4 N–H and O–H groups in total. The monoisotopic (exact) mass is 197 g/mol. The van der Waals surface area contributed by atoms with Crippen LogP contribution in [0.5, 0.6) is 0 Å². The number of likely N-dealkylation sites (N-methyl/N-ethyl adjacent to an activating group) is 1. The van der Waals surface area contributed by atoms with Gasteiger partial charge in [-0.15, -0.1) is 0 Å². The highest BCUT2D eigenvalue weighted by molar-refractivity contribution is 5.73. The molecule has 0 radical (unpaired) electrons. The maximum Gasteiger partial charge on any atom is 0.430 e. The van der Waals surface area contributed by atoms with Crippen LogP contribution in [-0.2, 0) is 4.79 Å². The fourth-order valence-corrected chi connectivity index (χ4v) is 0.585. The molecule has 0 aromatic carbocycles. The fourth-order valence-electron chi connectivity index (χ4n) is 0.585. The number of hydrazine groups is 1. The van der Waals surface area contributed by atoms with Gasteiger partial charge in [0.1, 0.15) is 0 Å². The summed E-state index contributed by atoms with van der Waals surface area (Å²) in [6.07, 6.45) is 0. The number of aliphatic carboxylic acids is 1. The largest absolute Gasteiger partial charge is 1.00 e. The van der Waals surface area contributed by atoms with Crippen LogP contribution < -0.4 is 23.7 Å². The zero-order chi connectivity index (χ0) is 9.07. The van der Waals surface area contributed by atoms with Gasteiger partial charge in [-0.3, -0.25) is 0 Å². The van der Waals surface area contributed by atoms with E-state index in [-0.39, 0.29) is 23.4 Å². The molecule has 0 spiro atoms. The van der Waals surface area contributed by atoms with Gasteiger partial charge in [0, 0.05) is 0 Å². The Morgan fingerprint density at radius 3 is 2.17 bits per heavy atom. The molecular weight excluding hydrogens is 186 g/mol. The van der Waals surface area contributed by atoms with Gasteiger partial charge in [-0.25, -0.2) is 25.3 Å². The van der Waals surface area contributed by atoms with Gasteiger partial charge in [0.2, 0.25) is 0 Å². The molecule has 0 saturated carbocycles. The molecule has 0 aromatic heterocycles. The zero-order valence-electron chi connectivity index (χ0n) is 6.87. The summed E-state index contributed by atoms with van der Waals surface area (Å²) in [6, 6.07) is -0.535. The van der Waals surface area contributed by atoms with Gasteiger partial charge in [-0.1, -0.05) is 0 Å². The molecule has 0 heterocycles. The van der Waals surface area contributed by atoms with Crippen molar-refractivity contribution in [3.63, 3.8) is 0 Å². The maximum absolute atomic E-state index is 10.8. The summed E-state index contributed by atoms with van der Waals surface area (Å²) in [4.78, 5) is 21.0. The number of rotatable bonds is 2. The van der Waals surface area contributed by atoms with E-state index in [0.717, 1.165) is 0 Å². The topological polar surface area (TPSA) is 92.4 Å². The highest BCUT2D eigenvalue weighted by Crippen LogP contribution is 1.95. The minimum Gasteiger partial charge on any atom is -1.00 e. The Labute approximate surface area is 76.3 Å². The van der Waals surface area contributed by atoms with E-state index < -0.39 is 12.0 Å². The Balaban J connectivity index is 0. The van der Waals surface area contributed by atoms with E-state index >= 15 is 0 Å². The Kier molecular flexibility index (Phi) is 5.62. The van der Waals surface area contributed by atoms with E-state index in [4.69, 9.17) is 10.9 Å². The number of carboxylic acids is 1. The highest BCUT2D eigenvalue weighted by atomic mass is 35.5. The molecule has 7 heteroatoms. The van der Waals surface area contributed by atoms with Crippen LogP contribution in [-0.4, -0.2) is 42.2 Å². The number of carboxylic acid groups (broad SMARTS) is 1. The average molecular weight is 198 g/mol. The predicted octanol–water partition coefficient (Wildman–Crippen LogP) is -4.27. The maximum atomic E-state index is 10.8. The number of hydrogen-bond acceptors (Lipinski definition) is 3. The van der Waals surface area contributed by atoms with E-state index in [9.17, 15) is 9.59 Å². The van der Waals surface area contributed by atoms with Crippen molar-refractivity contribution in [3.05, 3.63) is 0 Å². The molecule has 12 heavy (non-hydrogen) atoms. The fraction of sp³-hybridized carbons (Fsp3) is 0.600. The summed E-state index contributed by atoms with van der Waals surface area (Å²) in [6.45, 7) is -0.289. The van der Waals surface area contributed by atoms with Gasteiger partial charge in [0.25, 0.3) is 0 Å². The summed E-state index contributed by atoms with van der Waals surface area (Å²) in [7, 11) is 2.91. The first-order chi connectivity index (χ1) is 4.90. The van der Waals surface area contributed by atoms with Crippen LogP contribution in [0.2, 0.25) is 0 Å². The van der Waals surface area contributed by atoms with E-state index in [0.29, 0.717) is 0 Å². The van der Waals surface area contributed by atoms with Crippen molar-refractivity contribution < 1.29 is 31.6 Å². The lowest BCUT2D eigenvalue weighted by Gasteiger charge is -2.22. The van der Waals surface area contributed by atoms with Crippen molar-refractivity contribution in [2.75, 3.05) is 20.6 Å². The number of quaternary nitrogens is 1. The predicted molar refractivity (Wildman–Crippen MR) is 37.3 cm³/mol. The van der Waals surface area contributed by atoms with Crippen LogP contribution in [0.4, 0.5) is 4.79 Å². The number of nitrogens with two attached hydrogens (primary N) is 1. The standard InChI is InChI=1S/C5H11N3O3.ClH/c1-8(2,3-4(9)10)5(11)7-6;/h3,6H2,1-2H3,(H-,7,9,10,11);1H. The van der Waals surface area contributed by atoms with E-state index in [1.807, 2.05) is 5.43 Å². The molecule has 0 aliphatic heterocycles. The van der Waals surface area contributed by atoms with Gasteiger partial charge in [-0.05, 0) is 0 Å². The molecule has 0 aliphatic rings. The van der Waals surface area contributed by atoms with Crippen molar-refractivity contribution in [2.45, 2.75) is 0 Å². The van der Waals surface area contributed by atoms with Crippen molar-refractivity contribution in [1.29, 1.82) is 0 Å². The Hall–Kier alpha value is -0.850. The minimum absolute atomic E-state index is 0. The van der Waals surface area contributed by atoms with Crippen molar-refractivity contribution >= 4 is 12.0 Å². The summed E-state index contributed by atoms with van der Waals surface area (Å²) < 4.78 is -0.314. The highest BCUT2D eigenvalue weighted by Gasteiger charge is 2.28. The van der Waals surface area contributed by atoms with Crippen LogP contribution in [0, 0.1) is 0 Å². The Bertz CT molecular complexity index is 183.